The molecule has 1 amide bonds. The largest absolute Gasteiger partial charge is 0.466 e. The SMILES string of the molecule is CCOC(=O)C1CNCC12CCN(C(=O)OCc1ccccc1)C2. The van der Waals surface area contributed by atoms with E-state index in [4.69, 9.17) is 9.47 Å². The number of hydrogen-bond acceptors (Lipinski definition) is 5. The van der Waals surface area contributed by atoms with E-state index in [1.54, 1.807) is 4.90 Å². The van der Waals surface area contributed by atoms with Gasteiger partial charge in [-0.2, -0.15) is 0 Å². The summed E-state index contributed by atoms with van der Waals surface area (Å²) in [6, 6.07) is 9.62. The van der Waals surface area contributed by atoms with Crippen molar-refractivity contribution in [2.24, 2.45) is 11.3 Å². The normalized spacial score (nSPS) is 25.9. The summed E-state index contributed by atoms with van der Waals surface area (Å²) in [6.07, 6.45) is 0.481. The van der Waals surface area contributed by atoms with E-state index >= 15 is 0 Å². The number of carbonyl (C=O) groups excluding carboxylic acids is 2. The number of likely N-dealkylation sites (tertiary alicyclic amines) is 1. The fourth-order valence-corrected chi connectivity index (χ4v) is 3.67. The molecule has 2 atom stereocenters. The Morgan fingerprint density at radius 2 is 2.08 bits per heavy atom. The third kappa shape index (κ3) is 3.38. The Bertz CT molecular complexity index is 592. The van der Waals surface area contributed by atoms with Crippen molar-refractivity contribution in [2.45, 2.75) is 20.0 Å². The van der Waals surface area contributed by atoms with Crippen LogP contribution in [-0.4, -0.2) is 49.7 Å². The van der Waals surface area contributed by atoms with Crippen LogP contribution in [0.1, 0.15) is 18.9 Å². The molecular formula is C18H24N2O4. The van der Waals surface area contributed by atoms with Crippen LogP contribution in [0.15, 0.2) is 30.3 Å². The maximum atomic E-state index is 12.3. The molecule has 2 fully saturated rings. The minimum atomic E-state index is -0.315. The molecule has 1 aromatic rings. The third-order valence-corrected chi connectivity index (χ3v) is 4.98. The lowest BCUT2D eigenvalue weighted by molar-refractivity contribution is -0.150. The number of nitrogens with one attached hydrogen (secondary N) is 1. The van der Waals surface area contributed by atoms with Gasteiger partial charge in [-0.05, 0) is 18.9 Å². The van der Waals surface area contributed by atoms with Gasteiger partial charge in [0, 0.05) is 31.6 Å². The molecule has 2 aliphatic heterocycles. The summed E-state index contributed by atoms with van der Waals surface area (Å²) in [6.45, 7) is 4.97. The highest BCUT2D eigenvalue weighted by atomic mass is 16.6. The summed E-state index contributed by atoms with van der Waals surface area (Å²) in [7, 11) is 0. The van der Waals surface area contributed by atoms with Crippen LogP contribution in [0.4, 0.5) is 4.79 Å². The molecule has 2 saturated heterocycles. The molecule has 0 saturated carbocycles. The second kappa shape index (κ2) is 7.21. The molecule has 0 aliphatic carbocycles. The first-order chi connectivity index (χ1) is 11.6. The Kier molecular flexibility index (Phi) is 5.04. The number of carbonyl (C=O) groups is 2. The lowest BCUT2D eigenvalue weighted by atomic mass is 9.77. The van der Waals surface area contributed by atoms with Crippen LogP contribution >= 0.6 is 0 Å². The average Bonchev–Trinajstić information content (AvgIpc) is 3.21. The first kappa shape index (κ1) is 16.8. The number of nitrogens with zero attached hydrogens (tertiary/aromatic N) is 1. The zero-order valence-electron chi connectivity index (χ0n) is 14.0. The topological polar surface area (TPSA) is 67.9 Å². The quantitative estimate of drug-likeness (QED) is 0.852. The molecule has 1 aromatic carbocycles. The van der Waals surface area contributed by atoms with Crippen LogP contribution in [-0.2, 0) is 20.9 Å². The standard InChI is InChI=1S/C18H24N2O4/c1-2-23-16(21)15-10-19-12-18(15)8-9-20(13-18)17(22)24-11-14-6-4-3-5-7-14/h3-7,15,19H,2,8-13H2,1H3. The number of esters is 1. The Morgan fingerprint density at radius 3 is 2.83 bits per heavy atom. The molecule has 6 heteroatoms. The molecule has 3 rings (SSSR count). The van der Waals surface area contributed by atoms with E-state index in [0.29, 0.717) is 26.2 Å². The van der Waals surface area contributed by atoms with Gasteiger partial charge in [-0.3, -0.25) is 4.79 Å². The number of benzene rings is 1. The molecule has 24 heavy (non-hydrogen) atoms. The van der Waals surface area contributed by atoms with Gasteiger partial charge >= 0.3 is 12.1 Å². The second-order valence-electron chi connectivity index (χ2n) is 6.51. The molecular weight excluding hydrogens is 308 g/mol. The highest BCUT2D eigenvalue weighted by Gasteiger charge is 2.52. The van der Waals surface area contributed by atoms with E-state index in [-0.39, 0.29) is 30.0 Å². The lowest BCUT2D eigenvalue weighted by Crippen LogP contribution is -2.40. The first-order valence-corrected chi connectivity index (χ1v) is 8.47. The van der Waals surface area contributed by atoms with E-state index < -0.39 is 0 Å². The maximum Gasteiger partial charge on any atom is 0.410 e. The summed E-state index contributed by atoms with van der Waals surface area (Å²) >= 11 is 0. The van der Waals surface area contributed by atoms with E-state index in [2.05, 4.69) is 5.32 Å². The molecule has 130 valence electrons. The Balaban J connectivity index is 1.58. The lowest BCUT2D eigenvalue weighted by Gasteiger charge is -2.28. The molecule has 2 aliphatic rings. The van der Waals surface area contributed by atoms with Crippen LogP contribution in [0.5, 0.6) is 0 Å². The van der Waals surface area contributed by atoms with Crippen molar-refractivity contribution in [2.75, 3.05) is 32.8 Å². The van der Waals surface area contributed by atoms with Gasteiger partial charge < -0.3 is 19.7 Å². The summed E-state index contributed by atoms with van der Waals surface area (Å²) in [5, 5.41) is 3.28. The van der Waals surface area contributed by atoms with Gasteiger partial charge in [0.1, 0.15) is 6.61 Å². The summed E-state index contributed by atoms with van der Waals surface area (Å²) in [4.78, 5) is 26.2. The molecule has 2 heterocycles. The van der Waals surface area contributed by atoms with Crippen molar-refractivity contribution in [3.05, 3.63) is 35.9 Å². The smallest absolute Gasteiger partial charge is 0.410 e. The first-order valence-electron chi connectivity index (χ1n) is 8.47. The van der Waals surface area contributed by atoms with E-state index in [1.807, 2.05) is 37.3 Å². The van der Waals surface area contributed by atoms with Gasteiger partial charge in [0.25, 0.3) is 0 Å². The number of hydrogen-bond donors (Lipinski definition) is 1. The van der Waals surface area contributed by atoms with Gasteiger partial charge in [-0.25, -0.2) is 4.79 Å². The van der Waals surface area contributed by atoms with Crippen LogP contribution in [0, 0.1) is 11.3 Å². The van der Waals surface area contributed by atoms with Crippen LogP contribution in [0.2, 0.25) is 0 Å². The predicted molar refractivity (Wildman–Crippen MR) is 88.2 cm³/mol. The van der Waals surface area contributed by atoms with Gasteiger partial charge in [-0.1, -0.05) is 30.3 Å². The molecule has 0 aromatic heterocycles. The molecule has 6 nitrogen and oxygen atoms in total. The summed E-state index contributed by atoms with van der Waals surface area (Å²) in [5.74, 6) is -0.355. The predicted octanol–water partition coefficient (Wildman–Crippen LogP) is 1.80. The van der Waals surface area contributed by atoms with Crippen molar-refractivity contribution in [3.63, 3.8) is 0 Å². The van der Waals surface area contributed by atoms with E-state index in [1.165, 1.54) is 0 Å². The van der Waals surface area contributed by atoms with Crippen molar-refractivity contribution in [1.82, 2.24) is 10.2 Å². The fraction of sp³-hybridized carbons (Fsp3) is 0.556. The minimum Gasteiger partial charge on any atom is -0.466 e. The number of rotatable bonds is 4. The molecule has 1 spiro atoms. The molecule has 0 radical (unpaired) electrons. The Hall–Kier alpha value is -2.08. The van der Waals surface area contributed by atoms with Crippen molar-refractivity contribution in [3.8, 4) is 0 Å². The van der Waals surface area contributed by atoms with Crippen LogP contribution < -0.4 is 5.32 Å². The van der Waals surface area contributed by atoms with Crippen LogP contribution in [0.25, 0.3) is 0 Å². The van der Waals surface area contributed by atoms with Gasteiger partial charge in [0.05, 0.1) is 12.5 Å². The van der Waals surface area contributed by atoms with Crippen LogP contribution in [0.3, 0.4) is 0 Å². The zero-order valence-corrected chi connectivity index (χ0v) is 14.0. The summed E-state index contributed by atoms with van der Waals surface area (Å²) < 4.78 is 10.6. The third-order valence-electron chi connectivity index (χ3n) is 4.98. The van der Waals surface area contributed by atoms with Gasteiger partial charge in [0.2, 0.25) is 0 Å². The summed E-state index contributed by atoms with van der Waals surface area (Å²) in [5.41, 5.74) is 0.740. The average molecular weight is 332 g/mol. The van der Waals surface area contributed by atoms with Gasteiger partial charge in [0.15, 0.2) is 0 Å². The fourth-order valence-electron chi connectivity index (χ4n) is 3.67. The Labute approximate surface area is 142 Å². The number of ether oxygens (including phenoxy) is 2. The molecule has 2 unspecified atom stereocenters. The zero-order chi connectivity index (χ0) is 17.0. The monoisotopic (exact) mass is 332 g/mol. The highest BCUT2D eigenvalue weighted by molar-refractivity contribution is 5.75. The highest BCUT2D eigenvalue weighted by Crippen LogP contribution is 2.41. The van der Waals surface area contributed by atoms with Gasteiger partial charge in [-0.15, -0.1) is 0 Å². The van der Waals surface area contributed by atoms with Crippen molar-refractivity contribution >= 4 is 12.1 Å². The molecule has 0 bridgehead atoms. The minimum absolute atomic E-state index is 0.165. The Morgan fingerprint density at radius 1 is 1.29 bits per heavy atom. The van der Waals surface area contributed by atoms with E-state index in [0.717, 1.165) is 18.5 Å². The van der Waals surface area contributed by atoms with E-state index in [9.17, 15) is 9.59 Å². The van der Waals surface area contributed by atoms with Crippen molar-refractivity contribution < 1.29 is 19.1 Å². The molecule has 1 N–H and O–H groups in total. The number of amides is 1. The van der Waals surface area contributed by atoms with Crippen molar-refractivity contribution in [1.29, 1.82) is 0 Å². The second-order valence-corrected chi connectivity index (χ2v) is 6.51. The maximum absolute atomic E-state index is 12.3.